The van der Waals surface area contributed by atoms with Gasteiger partial charge in [-0.2, -0.15) is 0 Å². The first-order valence-electron chi connectivity index (χ1n) is 7.27. The highest BCUT2D eigenvalue weighted by molar-refractivity contribution is 5.80. The second kappa shape index (κ2) is 7.02. The van der Waals surface area contributed by atoms with E-state index < -0.39 is 0 Å². The van der Waals surface area contributed by atoms with Gasteiger partial charge >= 0.3 is 0 Å². The number of rotatable bonds is 6. The summed E-state index contributed by atoms with van der Waals surface area (Å²) in [5, 5.41) is 10.2. The topological polar surface area (TPSA) is 60.7 Å². The number of hydrogen-bond donors (Lipinski definition) is 1. The van der Waals surface area contributed by atoms with Crippen LogP contribution in [-0.4, -0.2) is 23.9 Å². The van der Waals surface area contributed by atoms with Gasteiger partial charge in [0, 0.05) is 24.4 Å². The number of ether oxygens (including phenoxy) is 2. The average molecular weight is 303 g/mol. The van der Waals surface area contributed by atoms with Gasteiger partial charge in [0.05, 0.1) is 19.8 Å². The first kappa shape index (κ1) is 15.9. The van der Waals surface area contributed by atoms with E-state index in [0.717, 1.165) is 12.8 Å². The Labute approximate surface area is 129 Å². The van der Waals surface area contributed by atoms with Gasteiger partial charge in [0.2, 0.25) is 0 Å². The van der Waals surface area contributed by atoms with E-state index in [9.17, 15) is 9.90 Å². The van der Waals surface area contributed by atoms with Gasteiger partial charge in [-0.25, -0.2) is 0 Å². The molecule has 2 rings (SSSR count). The van der Waals surface area contributed by atoms with Crippen molar-refractivity contribution in [2.75, 3.05) is 14.2 Å². The zero-order chi connectivity index (χ0) is 16.1. The molecule has 0 unspecified atom stereocenters. The maximum absolute atomic E-state index is 12.0. The molecule has 1 aromatic heterocycles. The molecule has 1 aromatic carbocycles. The summed E-state index contributed by atoms with van der Waals surface area (Å²) in [7, 11) is 3.12. The quantitative estimate of drug-likeness (QED) is 0.891. The molecular weight excluding hydrogens is 282 g/mol. The molecule has 5 heteroatoms. The molecule has 0 radical (unpaired) electrons. The van der Waals surface area contributed by atoms with Crippen LogP contribution in [0.4, 0.5) is 0 Å². The summed E-state index contributed by atoms with van der Waals surface area (Å²) in [6.45, 7) is 2.68. The number of methoxy groups -OCH3 is 2. The van der Waals surface area contributed by atoms with Crippen molar-refractivity contribution in [3.63, 3.8) is 0 Å². The third-order valence-electron chi connectivity index (χ3n) is 3.55. The third kappa shape index (κ3) is 3.08. The third-order valence-corrected chi connectivity index (χ3v) is 3.55. The maximum Gasteiger partial charge on any atom is 0.254 e. The van der Waals surface area contributed by atoms with Crippen molar-refractivity contribution in [3.8, 4) is 28.4 Å². The van der Waals surface area contributed by atoms with Crippen LogP contribution in [0, 0.1) is 0 Å². The molecule has 0 aliphatic rings. The predicted octanol–water partition coefficient (Wildman–Crippen LogP) is 3.04. The number of hydrogen-bond acceptors (Lipinski definition) is 4. The Kier molecular flexibility index (Phi) is 5.09. The van der Waals surface area contributed by atoms with E-state index in [-0.39, 0.29) is 11.3 Å². The smallest absolute Gasteiger partial charge is 0.254 e. The fourth-order valence-electron chi connectivity index (χ4n) is 2.38. The molecule has 0 aliphatic carbocycles. The number of pyridine rings is 1. The van der Waals surface area contributed by atoms with E-state index in [1.54, 1.807) is 37.1 Å². The fraction of sp³-hybridized carbons (Fsp3) is 0.353. The minimum Gasteiger partial charge on any atom is -0.507 e. The van der Waals surface area contributed by atoms with Crippen LogP contribution in [0.2, 0.25) is 0 Å². The number of unbranched alkanes of at least 4 members (excludes halogenated alkanes) is 1. The summed E-state index contributed by atoms with van der Waals surface area (Å²) < 4.78 is 12.3. The highest BCUT2D eigenvalue weighted by Gasteiger charge is 2.17. The SMILES string of the molecule is CCCCn1cc(-c2c(OC)cccc2OC)c(O)cc1=O. The van der Waals surface area contributed by atoms with Gasteiger partial charge in [-0.3, -0.25) is 4.79 Å². The van der Waals surface area contributed by atoms with Crippen LogP contribution in [0.1, 0.15) is 19.8 Å². The van der Waals surface area contributed by atoms with E-state index in [0.29, 0.717) is 29.2 Å². The lowest BCUT2D eigenvalue weighted by atomic mass is 10.0. The molecule has 1 heterocycles. The normalized spacial score (nSPS) is 10.5. The molecule has 22 heavy (non-hydrogen) atoms. The lowest BCUT2D eigenvalue weighted by molar-refractivity contribution is 0.396. The molecule has 0 fully saturated rings. The number of aryl methyl sites for hydroxylation is 1. The number of aromatic nitrogens is 1. The fourth-order valence-corrected chi connectivity index (χ4v) is 2.38. The van der Waals surface area contributed by atoms with Crippen LogP contribution in [0.25, 0.3) is 11.1 Å². The molecule has 2 aromatic rings. The van der Waals surface area contributed by atoms with Gasteiger partial charge in [-0.1, -0.05) is 19.4 Å². The van der Waals surface area contributed by atoms with E-state index in [1.807, 2.05) is 6.07 Å². The lowest BCUT2D eigenvalue weighted by Gasteiger charge is -2.15. The molecule has 118 valence electrons. The molecule has 0 spiro atoms. The maximum atomic E-state index is 12.0. The Bertz CT molecular complexity index is 684. The molecule has 1 N–H and O–H groups in total. The molecule has 0 bridgehead atoms. The molecule has 0 amide bonds. The predicted molar refractivity (Wildman–Crippen MR) is 85.8 cm³/mol. The van der Waals surface area contributed by atoms with Gasteiger partial charge in [-0.15, -0.1) is 0 Å². The van der Waals surface area contributed by atoms with Crippen molar-refractivity contribution < 1.29 is 14.6 Å². The Balaban J connectivity index is 2.64. The number of aromatic hydroxyl groups is 1. The van der Waals surface area contributed by atoms with Crippen molar-refractivity contribution in [1.82, 2.24) is 4.57 Å². The van der Waals surface area contributed by atoms with Crippen LogP contribution in [0.5, 0.6) is 17.2 Å². The highest BCUT2D eigenvalue weighted by Crippen LogP contribution is 2.41. The standard InChI is InChI=1S/C17H21NO4/c1-4-5-9-18-11-12(13(19)10-16(18)20)17-14(21-2)7-6-8-15(17)22-3/h6-8,10-11,19H,4-5,9H2,1-3H3. The van der Waals surface area contributed by atoms with Crippen LogP contribution < -0.4 is 15.0 Å². The number of nitrogens with zero attached hydrogens (tertiary/aromatic N) is 1. The van der Waals surface area contributed by atoms with Crippen molar-refractivity contribution in [3.05, 3.63) is 40.8 Å². The van der Waals surface area contributed by atoms with Crippen LogP contribution in [-0.2, 0) is 6.54 Å². The molecular formula is C17H21NO4. The summed E-state index contributed by atoms with van der Waals surface area (Å²) in [5.41, 5.74) is 0.934. The van der Waals surface area contributed by atoms with E-state index in [2.05, 4.69) is 6.92 Å². The van der Waals surface area contributed by atoms with Gasteiger partial charge in [0.15, 0.2) is 0 Å². The van der Waals surface area contributed by atoms with E-state index >= 15 is 0 Å². The molecule has 0 saturated heterocycles. The van der Waals surface area contributed by atoms with Gasteiger partial charge in [-0.05, 0) is 18.6 Å². The van der Waals surface area contributed by atoms with Gasteiger partial charge < -0.3 is 19.1 Å². The Hall–Kier alpha value is -2.43. The van der Waals surface area contributed by atoms with Gasteiger partial charge in [0.25, 0.3) is 5.56 Å². The van der Waals surface area contributed by atoms with Crippen LogP contribution in [0.3, 0.4) is 0 Å². The average Bonchev–Trinajstić information content (AvgIpc) is 2.53. The minimum atomic E-state index is -0.219. The second-order valence-corrected chi connectivity index (χ2v) is 5.00. The van der Waals surface area contributed by atoms with Crippen LogP contribution in [0.15, 0.2) is 35.3 Å². The van der Waals surface area contributed by atoms with Crippen molar-refractivity contribution in [1.29, 1.82) is 0 Å². The van der Waals surface area contributed by atoms with E-state index in [1.165, 1.54) is 6.07 Å². The van der Waals surface area contributed by atoms with Crippen molar-refractivity contribution in [2.45, 2.75) is 26.3 Å². The molecule has 0 saturated carbocycles. The van der Waals surface area contributed by atoms with Crippen LogP contribution >= 0.6 is 0 Å². The Morgan fingerprint density at radius 2 is 1.82 bits per heavy atom. The largest absolute Gasteiger partial charge is 0.507 e. The van der Waals surface area contributed by atoms with Crippen molar-refractivity contribution >= 4 is 0 Å². The lowest BCUT2D eigenvalue weighted by Crippen LogP contribution is -2.18. The summed E-state index contributed by atoms with van der Waals surface area (Å²) in [6.07, 6.45) is 3.54. The van der Waals surface area contributed by atoms with Gasteiger partial charge in [0.1, 0.15) is 17.2 Å². The zero-order valence-corrected chi connectivity index (χ0v) is 13.1. The molecule has 0 atom stereocenters. The highest BCUT2D eigenvalue weighted by atomic mass is 16.5. The number of benzene rings is 1. The Morgan fingerprint density at radius 3 is 2.36 bits per heavy atom. The Morgan fingerprint density at radius 1 is 1.18 bits per heavy atom. The summed E-state index contributed by atoms with van der Waals surface area (Å²) in [4.78, 5) is 12.0. The summed E-state index contributed by atoms with van der Waals surface area (Å²) in [6, 6.07) is 6.62. The van der Waals surface area contributed by atoms with E-state index in [4.69, 9.17) is 9.47 Å². The summed E-state index contributed by atoms with van der Waals surface area (Å²) >= 11 is 0. The first-order chi connectivity index (χ1) is 10.6. The minimum absolute atomic E-state index is 0.0828. The first-order valence-corrected chi connectivity index (χ1v) is 7.27. The monoisotopic (exact) mass is 303 g/mol. The molecule has 5 nitrogen and oxygen atoms in total. The van der Waals surface area contributed by atoms with Crippen molar-refractivity contribution in [2.24, 2.45) is 0 Å². The zero-order valence-electron chi connectivity index (χ0n) is 13.1. The second-order valence-electron chi connectivity index (χ2n) is 5.00. The summed E-state index contributed by atoms with van der Waals surface area (Å²) in [5.74, 6) is 1.08. The molecule has 0 aliphatic heterocycles.